The highest BCUT2D eigenvalue weighted by Gasteiger charge is 2.07. The molecular formula is C21H27N3O3. The van der Waals surface area contributed by atoms with E-state index < -0.39 is 0 Å². The molecule has 0 heterocycles. The van der Waals surface area contributed by atoms with Crippen molar-refractivity contribution in [2.75, 3.05) is 29.1 Å². The fraction of sp³-hybridized carbons (Fsp3) is 0.333. The summed E-state index contributed by atoms with van der Waals surface area (Å²) in [6.07, 6.45) is 0.944. The molecule has 0 saturated carbocycles. The van der Waals surface area contributed by atoms with Crippen molar-refractivity contribution in [1.82, 2.24) is 0 Å². The van der Waals surface area contributed by atoms with Crippen molar-refractivity contribution in [2.45, 2.75) is 27.2 Å². The molecule has 0 aromatic heterocycles. The molecule has 27 heavy (non-hydrogen) atoms. The van der Waals surface area contributed by atoms with Crippen LogP contribution in [0.3, 0.4) is 0 Å². The number of hydrogen-bond donors (Lipinski definition) is 3. The predicted octanol–water partition coefficient (Wildman–Crippen LogP) is 4.12. The number of hydrogen-bond acceptors (Lipinski definition) is 4. The highest BCUT2D eigenvalue weighted by Crippen LogP contribution is 2.18. The topological polar surface area (TPSA) is 79.5 Å². The van der Waals surface area contributed by atoms with E-state index >= 15 is 0 Å². The van der Waals surface area contributed by atoms with Gasteiger partial charge in [-0.25, -0.2) is 0 Å². The molecule has 0 aliphatic heterocycles. The third-order valence-corrected chi connectivity index (χ3v) is 3.72. The Morgan fingerprint density at radius 1 is 0.963 bits per heavy atom. The Balaban J connectivity index is 1.82. The first-order chi connectivity index (χ1) is 13.0. The van der Waals surface area contributed by atoms with Gasteiger partial charge < -0.3 is 20.7 Å². The minimum Gasteiger partial charge on any atom is -0.494 e. The Bertz CT molecular complexity index is 758. The average Bonchev–Trinajstić information content (AvgIpc) is 2.66. The van der Waals surface area contributed by atoms with Crippen molar-refractivity contribution in [3.8, 4) is 5.75 Å². The molecular weight excluding hydrogens is 342 g/mol. The van der Waals surface area contributed by atoms with Crippen LogP contribution >= 0.6 is 0 Å². The van der Waals surface area contributed by atoms with Gasteiger partial charge in [-0.2, -0.15) is 0 Å². The lowest BCUT2D eigenvalue weighted by Gasteiger charge is -2.11. The Kier molecular flexibility index (Phi) is 7.67. The van der Waals surface area contributed by atoms with Gasteiger partial charge in [-0.05, 0) is 42.8 Å². The summed E-state index contributed by atoms with van der Waals surface area (Å²) in [6.45, 7) is 6.53. The van der Waals surface area contributed by atoms with E-state index in [1.165, 1.54) is 0 Å². The van der Waals surface area contributed by atoms with Crippen molar-refractivity contribution < 1.29 is 14.3 Å². The number of ether oxygens (including phenoxy) is 1. The molecule has 0 saturated heterocycles. The fourth-order valence-electron chi connectivity index (χ4n) is 2.23. The second-order valence-electron chi connectivity index (χ2n) is 6.50. The number of rotatable bonds is 9. The molecule has 6 heteroatoms. The first-order valence-corrected chi connectivity index (χ1v) is 9.15. The number of benzene rings is 2. The Hall–Kier alpha value is -3.02. The quantitative estimate of drug-likeness (QED) is 0.621. The lowest BCUT2D eigenvalue weighted by Crippen LogP contribution is -2.21. The molecule has 144 valence electrons. The van der Waals surface area contributed by atoms with Crippen LogP contribution in [0.4, 0.5) is 17.1 Å². The zero-order valence-electron chi connectivity index (χ0n) is 16.0. The van der Waals surface area contributed by atoms with Gasteiger partial charge in [-0.3, -0.25) is 9.59 Å². The summed E-state index contributed by atoms with van der Waals surface area (Å²) in [5.41, 5.74) is 2.20. The molecule has 0 fully saturated rings. The predicted molar refractivity (Wildman–Crippen MR) is 109 cm³/mol. The summed E-state index contributed by atoms with van der Waals surface area (Å²) in [5.74, 6) is 0.498. The van der Waals surface area contributed by atoms with Gasteiger partial charge in [-0.15, -0.1) is 0 Å². The molecule has 0 aliphatic carbocycles. The summed E-state index contributed by atoms with van der Waals surface area (Å²) in [6, 6.07) is 14.6. The van der Waals surface area contributed by atoms with Crippen LogP contribution in [-0.2, 0) is 9.59 Å². The van der Waals surface area contributed by atoms with Crippen LogP contribution in [0.15, 0.2) is 48.5 Å². The van der Waals surface area contributed by atoms with E-state index in [1.807, 2.05) is 38.1 Å². The Morgan fingerprint density at radius 2 is 1.63 bits per heavy atom. The van der Waals surface area contributed by atoms with Crippen LogP contribution in [0, 0.1) is 5.92 Å². The molecule has 0 unspecified atom stereocenters. The number of anilines is 3. The van der Waals surface area contributed by atoms with Gasteiger partial charge in [0.2, 0.25) is 11.8 Å². The van der Waals surface area contributed by atoms with Crippen molar-refractivity contribution in [2.24, 2.45) is 5.92 Å². The average molecular weight is 369 g/mol. The monoisotopic (exact) mass is 369 g/mol. The fourth-order valence-corrected chi connectivity index (χ4v) is 2.23. The summed E-state index contributed by atoms with van der Waals surface area (Å²) in [5, 5.41) is 8.71. The molecule has 2 rings (SSSR count). The van der Waals surface area contributed by atoms with Crippen molar-refractivity contribution in [3.63, 3.8) is 0 Å². The highest BCUT2D eigenvalue weighted by atomic mass is 16.5. The second kappa shape index (κ2) is 10.2. The molecule has 0 spiro atoms. The first-order valence-electron chi connectivity index (χ1n) is 9.15. The largest absolute Gasteiger partial charge is 0.494 e. The molecule has 0 atom stereocenters. The maximum atomic E-state index is 12.1. The van der Waals surface area contributed by atoms with Gasteiger partial charge in [0.05, 0.1) is 13.2 Å². The molecule has 2 aromatic rings. The molecule has 0 bridgehead atoms. The summed E-state index contributed by atoms with van der Waals surface area (Å²) >= 11 is 0. The van der Waals surface area contributed by atoms with E-state index in [4.69, 9.17) is 4.74 Å². The van der Waals surface area contributed by atoms with Crippen LogP contribution in [0.25, 0.3) is 0 Å². The van der Waals surface area contributed by atoms with Crippen molar-refractivity contribution in [1.29, 1.82) is 0 Å². The molecule has 2 aromatic carbocycles. The van der Waals surface area contributed by atoms with E-state index in [0.717, 1.165) is 17.9 Å². The lowest BCUT2D eigenvalue weighted by atomic mass is 10.2. The summed E-state index contributed by atoms with van der Waals surface area (Å²) in [4.78, 5) is 23.8. The third kappa shape index (κ3) is 7.01. The van der Waals surface area contributed by atoms with Gasteiger partial charge in [0.1, 0.15) is 5.75 Å². The van der Waals surface area contributed by atoms with Crippen molar-refractivity contribution >= 4 is 28.9 Å². The van der Waals surface area contributed by atoms with Gasteiger partial charge in [-0.1, -0.05) is 26.8 Å². The third-order valence-electron chi connectivity index (χ3n) is 3.72. The van der Waals surface area contributed by atoms with Crippen LogP contribution in [0.1, 0.15) is 27.2 Å². The van der Waals surface area contributed by atoms with Gasteiger partial charge >= 0.3 is 0 Å². The smallest absolute Gasteiger partial charge is 0.243 e. The van der Waals surface area contributed by atoms with Crippen molar-refractivity contribution in [3.05, 3.63) is 48.5 Å². The lowest BCUT2D eigenvalue weighted by molar-refractivity contribution is -0.119. The Labute approximate surface area is 160 Å². The Morgan fingerprint density at radius 3 is 2.26 bits per heavy atom. The number of carbonyl (C=O) groups is 2. The SMILES string of the molecule is CCCOc1cccc(NCC(=O)Nc2ccc(NC(=O)C(C)C)cc2)c1. The second-order valence-corrected chi connectivity index (χ2v) is 6.50. The molecule has 0 aliphatic rings. The van der Waals surface area contributed by atoms with Crippen LogP contribution in [0.5, 0.6) is 5.75 Å². The number of amides is 2. The van der Waals surface area contributed by atoms with E-state index in [2.05, 4.69) is 22.9 Å². The summed E-state index contributed by atoms with van der Waals surface area (Å²) in [7, 11) is 0. The molecule has 2 amide bonds. The maximum absolute atomic E-state index is 12.1. The molecule has 0 radical (unpaired) electrons. The van der Waals surface area contributed by atoms with E-state index in [9.17, 15) is 9.59 Å². The zero-order valence-corrected chi connectivity index (χ0v) is 16.0. The minimum atomic E-state index is -0.158. The maximum Gasteiger partial charge on any atom is 0.243 e. The van der Waals surface area contributed by atoms with Gasteiger partial charge in [0, 0.05) is 29.0 Å². The van der Waals surface area contributed by atoms with Crippen LogP contribution in [0.2, 0.25) is 0 Å². The van der Waals surface area contributed by atoms with Crippen LogP contribution in [-0.4, -0.2) is 25.0 Å². The zero-order chi connectivity index (χ0) is 19.6. The summed E-state index contributed by atoms with van der Waals surface area (Å²) < 4.78 is 5.58. The van der Waals surface area contributed by atoms with Gasteiger partial charge in [0.25, 0.3) is 0 Å². The molecule has 6 nitrogen and oxygen atoms in total. The van der Waals surface area contributed by atoms with E-state index in [-0.39, 0.29) is 24.3 Å². The number of carbonyl (C=O) groups excluding carboxylic acids is 2. The standard InChI is InChI=1S/C21H27N3O3/c1-4-12-27-19-7-5-6-18(13-19)22-14-20(25)23-16-8-10-17(11-9-16)24-21(26)15(2)3/h5-11,13,15,22H,4,12,14H2,1-3H3,(H,23,25)(H,24,26). The first kappa shape index (κ1) is 20.3. The normalized spacial score (nSPS) is 10.4. The highest BCUT2D eigenvalue weighted by molar-refractivity contribution is 5.95. The van der Waals surface area contributed by atoms with Crippen LogP contribution < -0.4 is 20.7 Å². The van der Waals surface area contributed by atoms with E-state index in [0.29, 0.717) is 18.0 Å². The van der Waals surface area contributed by atoms with Gasteiger partial charge in [0.15, 0.2) is 0 Å². The minimum absolute atomic E-state index is 0.0406. The van der Waals surface area contributed by atoms with E-state index in [1.54, 1.807) is 24.3 Å². The molecule has 3 N–H and O–H groups in total. The number of nitrogens with one attached hydrogen (secondary N) is 3.